The standard InChI is InChI=1S/C26H33NO/c1-6-11-26(17-28-5)15-25(26)20-9-7-19(8-10-20)12-21-13-22(16-27(3)4)18(2)23-14-24(21)23/h7-10,13-14,16,24-25H,2,6,11-12,15,17H2,1,3-5H3/b22-16-/t24?,25-,26-/m1/s1. The third-order valence-electron chi connectivity index (χ3n) is 6.57. The Morgan fingerprint density at radius 1 is 1.25 bits per heavy atom. The Morgan fingerprint density at radius 3 is 2.64 bits per heavy atom. The van der Waals surface area contributed by atoms with Crippen LogP contribution in [-0.4, -0.2) is 32.7 Å². The van der Waals surface area contributed by atoms with Gasteiger partial charge in [-0.1, -0.05) is 61.9 Å². The molecule has 0 aromatic heterocycles. The van der Waals surface area contributed by atoms with E-state index in [0.717, 1.165) is 13.0 Å². The number of hydrogen-bond donors (Lipinski definition) is 0. The second-order valence-corrected chi connectivity index (χ2v) is 9.07. The van der Waals surface area contributed by atoms with Gasteiger partial charge in [0, 0.05) is 38.7 Å². The fourth-order valence-corrected chi connectivity index (χ4v) is 5.04. The third-order valence-corrected chi connectivity index (χ3v) is 6.57. The van der Waals surface area contributed by atoms with Crippen LogP contribution in [0.1, 0.15) is 43.2 Å². The van der Waals surface area contributed by atoms with Crippen LogP contribution in [-0.2, 0) is 11.2 Å². The van der Waals surface area contributed by atoms with E-state index in [1.165, 1.54) is 52.7 Å². The number of methoxy groups -OCH3 is 1. The number of fused-ring (bicyclic) bond motifs is 1. The number of benzene rings is 1. The predicted octanol–water partition coefficient (Wildman–Crippen LogP) is 5.65. The summed E-state index contributed by atoms with van der Waals surface area (Å²) in [6.07, 6.45) is 11.7. The van der Waals surface area contributed by atoms with Crippen LogP contribution in [0.15, 0.2) is 71.5 Å². The van der Waals surface area contributed by atoms with E-state index in [-0.39, 0.29) is 0 Å². The highest BCUT2D eigenvalue weighted by molar-refractivity contribution is 5.67. The van der Waals surface area contributed by atoms with Gasteiger partial charge in [0.2, 0.25) is 0 Å². The Labute approximate surface area is 170 Å². The Bertz CT molecular complexity index is 847. The molecule has 0 N–H and O–H groups in total. The van der Waals surface area contributed by atoms with Gasteiger partial charge in [0.05, 0.1) is 6.61 Å². The van der Waals surface area contributed by atoms with E-state index in [1.807, 2.05) is 7.11 Å². The summed E-state index contributed by atoms with van der Waals surface area (Å²) in [7, 11) is 5.97. The minimum absolute atomic E-state index is 0.385. The maximum Gasteiger partial charge on any atom is 0.0524 e. The van der Waals surface area contributed by atoms with Gasteiger partial charge in [0.1, 0.15) is 0 Å². The first-order valence-corrected chi connectivity index (χ1v) is 10.6. The number of allylic oxidation sites excluding steroid dienone is 6. The van der Waals surface area contributed by atoms with Crippen LogP contribution >= 0.6 is 0 Å². The van der Waals surface area contributed by atoms with Crippen molar-refractivity contribution in [3.8, 4) is 0 Å². The van der Waals surface area contributed by atoms with E-state index in [2.05, 4.69) is 75.1 Å². The first-order chi connectivity index (χ1) is 13.5. The number of hydrogen-bond acceptors (Lipinski definition) is 2. The van der Waals surface area contributed by atoms with Crippen molar-refractivity contribution in [1.29, 1.82) is 0 Å². The molecule has 3 atom stereocenters. The molecule has 3 aliphatic rings. The molecule has 1 aromatic rings. The maximum atomic E-state index is 5.53. The molecule has 0 bridgehead atoms. The zero-order chi connectivity index (χ0) is 19.9. The van der Waals surface area contributed by atoms with Gasteiger partial charge in [0.15, 0.2) is 0 Å². The number of nitrogens with zero attached hydrogens (tertiary/aromatic N) is 1. The molecule has 1 aromatic carbocycles. The molecule has 28 heavy (non-hydrogen) atoms. The highest BCUT2D eigenvalue weighted by Gasteiger charge is 2.53. The fourth-order valence-electron chi connectivity index (χ4n) is 5.04. The molecule has 148 valence electrons. The summed E-state index contributed by atoms with van der Waals surface area (Å²) in [5.74, 6) is 1.19. The Hall–Kier alpha value is -2.06. The lowest BCUT2D eigenvalue weighted by atomic mass is 9.87. The van der Waals surface area contributed by atoms with E-state index in [4.69, 9.17) is 4.74 Å². The molecule has 0 saturated heterocycles. The molecule has 0 radical (unpaired) electrons. The van der Waals surface area contributed by atoms with Gasteiger partial charge in [-0.25, -0.2) is 0 Å². The van der Waals surface area contributed by atoms with E-state index in [0.29, 0.717) is 17.3 Å². The van der Waals surface area contributed by atoms with Crippen LogP contribution in [0.5, 0.6) is 0 Å². The monoisotopic (exact) mass is 375 g/mol. The minimum Gasteiger partial charge on any atom is -0.384 e. The minimum atomic E-state index is 0.385. The van der Waals surface area contributed by atoms with Crippen molar-refractivity contribution in [2.45, 2.75) is 38.5 Å². The van der Waals surface area contributed by atoms with Gasteiger partial charge in [-0.05, 0) is 53.0 Å². The molecule has 1 saturated carbocycles. The summed E-state index contributed by atoms with van der Waals surface area (Å²) in [4.78, 5) is 2.10. The first-order valence-electron chi connectivity index (χ1n) is 10.6. The van der Waals surface area contributed by atoms with Crippen molar-refractivity contribution in [1.82, 2.24) is 4.90 Å². The van der Waals surface area contributed by atoms with E-state index < -0.39 is 0 Å². The SMILES string of the molecule is C=C1C2=CC2C(Cc2ccc([C@H]3C[C@]3(CCC)COC)cc2)=C/C1=C/N(C)C. The normalized spacial score (nSPS) is 29.3. The van der Waals surface area contributed by atoms with Crippen LogP contribution in [0.25, 0.3) is 0 Å². The molecule has 0 spiro atoms. The van der Waals surface area contributed by atoms with Gasteiger partial charge in [-0.15, -0.1) is 0 Å². The molecule has 1 fully saturated rings. The van der Waals surface area contributed by atoms with E-state index in [9.17, 15) is 0 Å². The quantitative estimate of drug-likeness (QED) is 0.582. The van der Waals surface area contributed by atoms with Crippen LogP contribution in [0.3, 0.4) is 0 Å². The van der Waals surface area contributed by atoms with Crippen LogP contribution < -0.4 is 0 Å². The van der Waals surface area contributed by atoms with Crippen molar-refractivity contribution in [2.75, 3.05) is 27.8 Å². The second-order valence-electron chi connectivity index (χ2n) is 9.07. The highest BCUT2D eigenvalue weighted by atomic mass is 16.5. The fraction of sp³-hybridized carbons (Fsp3) is 0.462. The smallest absolute Gasteiger partial charge is 0.0524 e. The van der Waals surface area contributed by atoms with Crippen molar-refractivity contribution < 1.29 is 4.74 Å². The summed E-state index contributed by atoms with van der Waals surface area (Å²) >= 11 is 0. The molecule has 4 rings (SSSR count). The zero-order valence-corrected chi connectivity index (χ0v) is 17.8. The molecule has 0 amide bonds. The number of ether oxygens (including phenoxy) is 1. The summed E-state index contributed by atoms with van der Waals surface area (Å²) < 4.78 is 5.53. The molecular formula is C26H33NO. The van der Waals surface area contributed by atoms with Gasteiger partial charge >= 0.3 is 0 Å². The Balaban J connectivity index is 1.47. The molecule has 0 aliphatic heterocycles. The second kappa shape index (κ2) is 7.40. The molecule has 2 heteroatoms. The van der Waals surface area contributed by atoms with E-state index in [1.54, 1.807) is 0 Å². The molecule has 2 nitrogen and oxygen atoms in total. The van der Waals surface area contributed by atoms with Gasteiger partial charge in [0.25, 0.3) is 0 Å². The van der Waals surface area contributed by atoms with Gasteiger partial charge in [-0.3, -0.25) is 0 Å². The Kier molecular flexibility index (Phi) is 5.09. The summed E-state index contributed by atoms with van der Waals surface area (Å²) in [5, 5.41) is 0. The summed E-state index contributed by atoms with van der Waals surface area (Å²) in [5.41, 5.74) is 8.63. The largest absolute Gasteiger partial charge is 0.384 e. The van der Waals surface area contributed by atoms with Crippen molar-refractivity contribution in [2.24, 2.45) is 11.3 Å². The van der Waals surface area contributed by atoms with Crippen LogP contribution in [0, 0.1) is 11.3 Å². The van der Waals surface area contributed by atoms with Crippen LogP contribution in [0.2, 0.25) is 0 Å². The zero-order valence-electron chi connectivity index (χ0n) is 17.8. The van der Waals surface area contributed by atoms with Crippen molar-refractivity contribution >= 4 is 0 Å². The predicted molar refractivity (Wildman–Crippen MR) is 117 cm³/mol. The molecule has 0 heterocycles. The average Bonchev–Trinajstić information content (AvgIpc) is 3.55. The lowest BCUT2D eigenvalue weighted by molar-refractivity contribution is 0.132. The van der Waals surface area contributed by atoms with Gasteiger partial charge < -0.3 is 9.64 Å². The average molecular weight is 376 g/mol. The lowest BCUT2D eigenvalue weighted by Gasteiger charge is -2.19. The topological polar surface area (TPSA) is 12.5 Å². The molecule has 1 unspecified atom stereocenters. The highest BCUT2D eigenvalue weighted by Crippen LogP contribution is 2.62. The Morgan fingerprint density at radius 2 is 2.00 bits per heavy atom. The van der Waals surface area contributed by atoms with Crippen molar-refractivity contribution in [3.63, 3.8) is 0 Å². The van der Waals surface area contributed by atoms with Gasteiger partial charge in [-0.2, -0.15) is 0 Å². The molecule has 3 aliphatic carbocycles. The number of rotatable bonds is 8. The van der Waals surface area contributed by atoms with Crippen molar-refractivity contribution in [3.05, 3.63) is 82.6 Å². The molecular weight excluding hydrogens is 342 g/mol. The lowest BCUT2D eigenvalue weighted by Crippen LogP contribution is -2.11. The first kappa shape index (κ1) is 19.3. The van der Waals surface area contributed by atoms with E-state index >= 15 is 0 Å². The summed E-state index contributed by atoms with van der Waals surface area (Å²) in [6, 6.07) is 9.37. The third kappa shape index (κ3) is 3.63. The summed E-state index contributed by atoms with van der Waals surface area (Å²) in [6.45, 7) is 7.45. The van der Waals surface area contributed by atoms with Crippen LogP contribution in [0.4, 0.5) is 0 Å². The maximum absolute atomic E-state index is 5.53.